The molecule has 2 aromatic rings. The number of nitrogens with one attached hydrogen (secondary N) is 1. The number of ether oxygens (including phenoxy) is 1. The Morgan fingerprint density at radius 1 is 1.50 bits per heavy atom. The Bertz CT molecular complexity index is 714. The van der Waals surface area contributed by atoms with Crippen LogP contribution in [0.4, 0.5) is 0 Å². The Kier molecular flexibility index (Phi) is 4.14. The standard InChI is InChI=1S/C13H12ClN3O4S/c14-11-2-1-10(22-11)9-6-17(3-4-21-9)12(18)7-5-8(13(19)20)16-15-7/h1-2,5,9H,3-4,6H2,(H,15,16)(H,19,20). The molecule has 22 heavy (non-hydrogen) atoms. The minimum absolute atomic E-state index is 0.0854. The molecular formula is C13H12ClN3O4S. The predicted octanol–water partition coefficient (Wildman–Crippen LogP) is 2.04. The fourth-order valence-corrected chi connectivity index (χ4v) is 3.31. The van der Waals surface area contributed by atoms with Crippen molar-refractivity contribution in [3.63, 3.8) is 0 Å². The second kappa shape index (κ2) is 6.07. The summed E-state index contributed by atoms with van der Waals surface area (Å²) in [5, 5.41) is 14.9. The highest BCUT2D eigenvalue weighted by Gasteiger charge is 2.28. The molecule has 0 aliphatic carbocycles. The minimum atomic E-state index is -1.15. The monoisotopic (exact) mass is 341 g/mol. The number of amides is 1. The van der Waals surface area contributed by atoms with Gasteiger partial charge in [0.2, 0.25) is 0 Å². The van der Waals surface area contributed by atoms with Crippen molar-refractivity contribution in [1.82, 2.24) is 15.1 Å². The van der Waals surface area contributed by atoms with E-state index in [-0.39, 0.29) is 23.4 Å². The molecule has 2 N–H and O–H groups in total. The normalized spacial score (nSPS) is 18.4. The molecule has 3 rings (SSSR count). The summed E-state index contributed by atoms with van der Waals surface area (Å²) in [6, 6.07) is 4.90. The Balaban J connectivity index is 1.73. The summed E-state index contributed by atoms with van der Waals surface area (Å²) in [7, 11) is 0. The van der Waals surface area contributed by atoms with Crippen LogP contribution in [0, 0.1) is 0 Å². The van der Waals surface area contributed by atoms with Crippen LogP contribution in [0.15, 0.2) is 18.2 Å². The SMILES string of the molecule is O=C(O)c1cc(C(=O)N2CCOC(c3ccc(Cl)s3)C2)n[nH]1. The summed E-state index contributed by atoms with van der Waals surface area (Å²) in [5.74, 6) is -1.47. The van der Waals surface area contributed by atoms with E-state index in [1.165, 1.54) is 17.4 Å². The van der Waals surface area contributed by atoms with Crippen molar-refractivity contribution < 1.29 is 19.4 Å². The molecule has 1 unspecified atom stereocenters. The van der Waals surface area contributed by atoms with Crippen molar-refractivity contribution in [1.29, 1.82) is 0 Å². The molecule has 1 aliphatic heterocycles. The number of aromatic carboxylic acids is 1. The van der Waals surface area contributed by atoms with E-state index in [0.29, 0.717) is 24.0 Å². The molecule has 0 spiro atoms. The summed E-state index contributed by atoms with van der Waals surface area (Å²) in [5.41, 5.74) is -0.0274. The number of carbonyl (C=O) groups excluding carboxylic acids is 1. The van der Waals surface area contributed by atoms with Crippen molar-refractivity contribution >= 4 is 34.8 Å². The van der Waals surface area contributed by atoms with Crippen molar-refractivity contribution in [2.75, 3.05) is 19.7 Å². The number of aromatic amines is 1. The van der Waals surface area contributed by atoms with Gasteiger partial charge in [-0.25, -0.2) is 4.79 Å². The van der Waals surface area contributed by atoms with Crippen molar-refractivity contribution in [2.24, 2.45) is 0 Å². The first kappa shape index (κ1) is 15.0. The molecule has 0 radical (unpaired) electrons. The predicted molar refractivity (Wildman–Crippen MR) is 79.5 cm³/mol. The van der Waals surface area contributed by atoms with Gasteiger partial charge in [0, 0.05) is 17.5 Å². The first-order chi connectivity index (χ1) is 10.5. The van der Waals surface area contributed by atoms with Crippen LogP contribution in [-0.2, 0) is 4.74 Å². The summed E-state index contributed by atoms with van der Waals surface area (Å²) in [6.45, 7) is 1.22. The highest BCUT2D eigenvalue weighted by molar-refractivity contribution is 7.16. The van der Waals surface area contributed by atoms with Gasteiger partial charge in [-0.3, -0.25) is 9.89 Å². The first-order valence-corrected chi connectivity index (χ1v) is 7.69. The topological polar surface area (TPSA) is 95.5 Å². The van der Waals surface area contributed by atoms with Gasteiger partial charge in [-0.15, -0.1) is 11.3 Å². The van der Waals surface area contributed by atoms with Crippen LogP contribution in [0.5, 0.6) is 0 Å². The molecule has 1 aliphatic rings. The first-order valence-electron chi connectivity index (χ1n) is 6.49. The molecule has 9 heteroatoms. The van der Waals surface area contributed by atoms with Crippen molar-refractivity contribution in [2.45, 2.75) is 6.10 Å². The largest absolute Gasteiger partial charge is 0.477 e. The summed E-state index contributed by atoms with van der Waals surface area (Å²) >= 11 is 7.33. The zero-order chi connectivity index (χ0) is 15.7. The van der Waals surface area contributed by atoms with Gasteiger partial charge in [0.05, 0.1) is 17.5 Å². The molecule has 0 aromatic carbocycles. The van der Waals surface area contributed by atoms with Crippen LogP contribution < -0.4 is 0 Å². The molecule has 0 saturated carbocycles. The number of carbonyl (C=O) groups is 2. The van der Waals surface area contributed by atoms with E-state index in [9.17, 15) is 9.59 Å². The average Bonchev–Trinajstić information content (AvgIpc) is 3.15. The number of halogens is 1. The third-order valence-corrected chi connectivity index (χ3v) is 4.62. The third kappa shape index (κ3) is 2.99. The second-order valence-electron chi connectivity index (χ2n) is 4.72. The number of thiophene rings is 1. The lowest BCUT2D eigenvalue weighted by molar-refractivity contribution is -0.0213. The van der Waals surface area contributed by atoms with Gasteiger partial charge in [0.25, 0.3) is 5.91 Å². The van der Waals surface area contributed by atoms with Crippen LogP contribution in [0.2, 0.25) is 4.34 Å². The van der Waals surface area contributed by atoms with E-state index < -0.39 is 5.97 Å². The highest BCUT2D eigenvalue weighted by atomic mass is 35.5. The summed E-state index contributed by atoms with van der Waals surface area (Å²) in [6.07, 6.45) is -0.229. The number of nitrogens with zero attached hydrogens (tertiary/aromatic N) is 2. The fourth-order valence-electron chi connectivity index (χ4n) is 2.21. The van der Waals surface area contributed by atoms with Crippen LogP contribution in [0.25, 0.3) is 0 Å². The summed E-state index contributed by atoms with van der Waals surface area (Å²) < 4.78 is 6.34. The lowest BCUT2D eigenvalue weighted by Gasteiger charge is -2.32. The molecule has 1 amide bonds. The van der Waals surface area contributed by atoms with E-state index in [4.69, 9.17) is 21.4 Å². The fraction of sp³-hybridized carbons (Fsp3) is 0.308. The number of carboxylic acid groups (broad SMARTS) is 1. The van der Waals surface area contributed by atoms with Crippen molar-refractivity contribution in [3.05, 3.63) is 38.8 Å². The van der Waals surface area contributed by atoms with Gasteiger partial charge in [0.15, 0.2) is 5.69 Å². The number of carboxylic acids is 1. The maximum atomic E-state index is 12.4. The van der Waals surface area contributed by atoms with E-state index in [0.717, 1.165) is 4.88 Å². The van der Waals surface area contributed by atoms with Crippen molar-refractivity contribution in [3.8, 4) is 0 Å². The smallest absolute Gasteiger partial charge is 0.353 e. The van der Waals surface area contributed by atoms with Gasteiger partial charge in [-0.1, -0.05) is 11.6 Å². The average molecular weight is 342 g/mol. The molecule has 1 fully saturated rings. The van der Waals surface area contributed by atoms with Gasteiger partial charge < -0.3 is 14.7 Å². The molecular weight excluding hydrogens is 330 g/mol. The molecule has 1 atom stereocenters. The van der Waals surface area contributed by atoms with Gasteiger partial charge >= 0.3 is 5.97 Å². The Labute approximate surface area is 134 Å². The van der Waals surface area contributed by atoms with Gasteiger partial charge in [-0.05, 0) is 12.1 Å². The Morgan fingerprint density at radius 2 is 2.32 bits per heavy atom. The number of hydrogen-bond donors (Lipinski definition) is 2. The zero-order valence-electron chi connectivity index (χ0n) is 11.3. The summed E-state index contributed by atoms with van der Waals surface area (Å²) in [4.78, 5) is 25.8. The highest BCUT2D eigenvalue weighted by Crippen LogP contribution is 2.31. The van der Waals surface area contributed by atoms with E-state index >= 15 is 0 Å². The zero-order valence-corrected chi connectivity index (χ0v) is 12.9. The van der Waals surface area contributed by atoms with E-state index in [2.05, 4.69) is 10.2 Å². The Hall–Kier alpha value is -1.90. The molecule has 1 saturated heterocycles. The maximum Gasteiger partial charge on any atom is 0.353 e. The molecule has 3 heterocycles. The lowest BCUT2D eigenvalue weighted by Crippen LogP contribution is -2.42. The molecule has 116 valence electrons. The number of H-pyrrole nitrogens is 1. The number of aromatic nitrogens is 2. The van der Waals surface area contributed by atoms with E-state index in [1.54, 1.807) is 11.0 Å². The number of morpholine rings is 1. The Morgan fingerprint density at radius 3 is 2.95 bits per heavy atom. The van der Waals surface area contributed by atoms with Crippen LogP contribution >= 0.6 is 22.9 Å². The van der Waals surface area contributed by atoms with Crippen LogP contribution in [0.3, 0.4) is 0 Å². The van der Waals surface area contributed by atoms with Gasteiger partial charge in [-0.2, -0.15) is 5.10 Å². The maximum absolute atomic E-state index is 12.4. The third-order valence-electron chi connectivity index (χ3n) is 3.29. The number of rotatable bonds is 3. The second-order valence-corrected chi connectivity index (χ2v) is 6.47. The van der Waals surface area contributed by atoms with Crippen LogP contribution in [0.1, 0.15) is 32.0 Å². The molecule has 2 aromatic heterocycles. The quantitative estimate of drug-likeness (QED) is 0.890. The number of hydrogen-bond acceptors (Lipinski definition) is 5. The van der Waals surface area contributed by atoms with Gasteiger partial charge in [0.1, 0.15) is 11.8 Å². The lowest BCUT2D eigenvalue weighted by atomic mass is 10.2. The van der Waals surface area contributed by atoms with Crippen LogP contribution in [-0.4, -0.2) is 51.8 Å². The van der Waals surface area contributed by atoms with E-state index in [1.807, 2.05) is 6.07 Å². The molecule has 7 nitrogen and oxygen atoms in total. The minimum Gasteiger partial charge on any atom is -0.477 e. The molecule has 0 bridgehead atoms.